The number of phenols is 2. The number of hydrogen-bond acceptors (Lipinski definition) is 3. The molecule has 1 aliphatic rings. The Labute approximate surface area is 97.3 Å². The lowest BCUT2D eigenvalue weighted by molar-refractivity contribution is 0.405. The summed E-state index contributed by atoms with van der Waals surface area (Å²) in [5.41, 5.74) is 2.74. The van der Waals surface area contributed by atoms with Crippen molar-refractivity contribution in [2.75, 3.05) is 0 Å². The molecule has 1 aromatic carbocycles. The number of hydrogen-bond donors (Lipinski definition) is 2. The highest BCUT2D eigenvalue weighted by atomic mass is 35.5. The summed E-state index contributed by atoms with van der Waals surface area (Å²) >= 11 is 6.28. The third kappa shape index (κ3) is 1.25. The van der Waals surface area contributed by atoms with Gasteiger partial charge in [-0.15, -0.1) is 0 Å². The van der Waals surface area contributed by atoms with Crippen LogP contribution < -0.4 is 0 Å². The van der Waals surface area contributed by atoms with Crippen LogP contribution in [0.5, 0.6) is 11.5 Å². The molecule has 0 unspecified atom stereocenters. The second kappa shape index (κ2) is 3.25. The van der Waals surface area contributed by atoms with Crippen LogP contribution in [0.3, 0.4) is 0 Å². The van der Waals surface area contributed by atoms with E-state index in [0.29, 0.717) is 15.9 Å². The summed E-state index contributed by atoms with van der Waals surface area (Å²) in [6, 6.07) is 2.92. The average molecular weight is 236 g/mol. The van der Waals surface area contributed by atoms with Crippen LogP contribution in [0.1, 0.15) is 17.7 Å². The van der Waals surface area contributed by atoms with Gasteiger partial charge in [0.1, 0.15) is 0 Å². The summed E-state index contributed by atoms with van der Waals surface area (Å²) in [5, 5.41) is 20.2. The molecule has 0 amide bonds. The number of pyridine rings is 1. The number of nitrogens with zero attached hydrogens (tertiary/aromatic N) is 1. The molecule has 1 heterocycles. The minimum Gasteiger partial charge on any atom is -0.504 e. The van der Waals surface area contributed by atoms with Gasteiger partial charge in [-0.1, -0.05) is 11.6 Å². The first-order chi connectivity index (χ1) is 7.66. The van der Waals surface area contributed by atoms with Crippen LogP contribution in [-0.2, 0) is 12.8 Å². The van der Waals surface area contributed by atoms with E-state index in [2.05, 4.69) is 4.98 Å². The molecule has 2 N–H and O–H groups in total. The van der Waals surface area contributed by atoms with E-state index >= 15 is 0 Å². The van der Waals surface area contributed by atoms with Crippen molar-refractivity contribution in [3.63, 3.8) is 0 Å². The van der Waals surface area contributed by atoms with Crippen LogP contribution in [0, 0.1) is 0 Å². The SMILES string of the molecule is Oc1cc2nc3c(c(Cl)c2cc1O)CCC3. The summed E-state index contributed by atoms with van der Waals surface area (Å²) in [6.07, 6.45) is 2.95. The molecule has 0 bridgehead atoms. The van der Waals surface area contributed by atoms with Crippen LogP contribution in [0.4, 0.5) is 0 Å². The fraction of sp³-hybridized carbons (Fsp3) is 0.250. The summed E-state index contributed by atoms with van der Waals surface area (Å²) in [5.74, 6) is -0.317. The number of fused-ring (bicyclic) bond motifs is 2. The average Bonchev–Trinajstić information content (AvgIpc) is 2.70. The zero-order valence-corrected chi connectivity index (χ0v) is 9.25. The fourth-order valence-corrected chi connectivity index (χ4v) is 2.58. The molecular formula is C12H10ClNO2. The summed E-state index contributed by atoms with van der Waals surface area (Å²) in [4.78, 5) is 4.46. The molecule has 4 heteroatoms. The molecule has 16 heavy (non-hydrogen) atoms. The summed E-state index contributed by atoms with van der Waals surface area (Å²) in [7, 11) is 0. The topological polar surface area (TPSA) is 53.4 Å². The van der Waals surface area contributed by atoms with Gasteiger partial charge in [0.15, 0.2) is 11.5 Å². The Morgan fingerprint density at radius 2 is 1.88 bits per heavy atom. The van der Waals surface area contributed by atoms with Gasteiger partial charge in [0.25, 0.3) is 0 Å². The van der Waals surface area contributed by atoms with Gasteiger partial charge in [0.2, 0.25) is 0 Å². The smallest absolute Gasteiger partial charge is 0.159 e. The van der Waals surface area contributed by atoms with Crippen molar-refractivity contribution in [2.24, 2.45) is 0 Å². The molecule has 0 atom stereocenters. The number of benzene rings is 1. The first kappa shape index (κ1) is 9.73. The Morgan fingerprint density at radius 3 is 2.69 bits per heavy atom. The molecule has 1 aromatic heterocycles. The maximum Gasteiger partial charge on any atom is 0.159 e. The maximum atomic E-state index is 9.45. The van der Waals surface area contributed by atoms with E-state index in [1.54, 1.807) is 0 Å². The highest BCUT2D eigenvalue weighted by molar-refractivity contribution is 6.36. The van der Waals surface area contributed by atoms with Crippen LogP contribution in [0.2, 0.25) is 5.02 Å². The number of aryl methyl sites for hydroxylation is 1. The highest BCUT2D eigenvalue weighted by Crippen LogP contribution is 2.37. The normalized spacial score (nSPS) is 14.3. The van der Waals surface area contributed by atoms with Crippen molar-refractivity contribution in [3.8, 4) is 11.5 Å². The quantitative estimate of drug-likeness (QED) is 0.691. The molecule has 2 aromatic rings. The minimum absolute atomic E-state index is 0.158. The minimum atomic E-state index is -0.158. The van der Waals surface area contributed by atoms with E-state index in [1.807, 2.05) is 0 Å². The molecule has 82 valence electrons. The van der Waals surface area contributed by atoms with Gasteiger partial charge in [0, 0.05) is 17.1 Å². The Morgan fingerprint density at radius 1 is 1.12 bits per heavy atom. The lowest BCUT2D eigenvalue weighted by Crippen LogP contribution is -1.91. The zero-order chi connectivity index (χ0) is 11.3. The Bertz CT molecular complexity index is 595. The van der Waals surface area contributed by atoms with Crippen LogP contribution in [0.15, 0.2) is 12.1 Å². The van der Waals surface area contributed by atoms with Crippen molar-refractivity contribution < 1.29 is 10.2 Å². The first-order valence-electron chi connectivity index (χ1n) is 5.20. The van der Waals surface area contributed by atoms with E-state index in [1.165, 1.54) is 12.1 Å². The maximum absolute atomic E-state index is 9.45. The van der Waals surface area contributed by atoms with Crippen LogP contribution in [-0.4, -0.2) is 15.2 Å². The predicted molar refractivity (Wildman–Crippen MR) is 62.1 cm³/mol. The molecule has 3 nitrogen and oxygen atoms in total. The van der Waals surface area contributed by atoms with Crippen molar-refractivity contribution in [1.82, 2.24) is 4.98 Å². The Balaban J connectivity index is 2.41. The van der Waals surface area contributed by atoms with Gasteiger partial charge in [-0.2, -0.15) is 0 Å². The second-order valence-corrected chi connectivity index (χ2v) is 4.44. The van der Waals surface area contributed by atoms with Crippen LogP contribution in [0.25, 0.3) is 10.9 Å². The molecule has 0 aliphatic heterocycles. The highest BCUT2D eigenvalue weighted by Gasteiger charge is 2.19. The molecule has 1 aliphatic carbocycles. The zero-order valence-electron chi connectivity index (χ0n) is 8.50. The lowest BCUT2D eigenvalue weighted by Gasteiger charge is -2.07. The van der Waals surface area contributed by atoms with Gasteiger partial charge in [-0.25, -0.2) is 0 Å². The molecule has 0 saturated heterocycles. The van der Waals surface area contributed by atoms with E-state index < -0.39 is 0 Å². The largest absolute Gasteiger partial charge is 0.504 e. The number of halogens is 1. The molecular weight excluding hydrogens is 226 g/mol. The molecule has 3 rings (SSSR count). The molecule has 0 saturated carbocycles. The molecule has 0 radical (unpaired) electrons. The third-order valence-electron chi connectivity index (χ3n) is 3.04. The number of phenolic OH excluding ortho intramolecular Hbond substituents is 2. The van der Waals surface area contributed by atoms with Crippen molar-refractivity contribution in [2.45, 2.75) is 19.3 Å². The van der Waals surface area contributed by atoms with Crippen molar-refractivity contribution >= 4 is 22.5 Å². The van der Waals surface area contributed by atoms with E-state index in [9.17, 15) is 10.2 Å². The van der Waals surface area contributed by atoms with E-state index in [0.717, 1.165) is 30.5 Å². The fourth-order valence-electron chi connectivity index (χ4n) is 2.23. The van der Waals surface area contributed by atoms with Crippen molar-refractivity contribution in [3.05, 3.63) is 28.4 Å². The van der Waals surface area contributed by atoms with E-state index in [4.69, 9.17) is 11.6 Å². The van der Waals surface area contributed by atoms with Gasteiger partial charge in [-0.05, 0) is 30.9 Å². The predicted octanol–water partition coefficient (Wildman–Crippen LogP) is 2.79. The first-order valence-corrected chi connectivity index (χ1v) is 5.57. The standard InChI is InChI=1S/C12H10ClNO2/c13-12-6-2-1-3-8(6)14-9-5-11(16)10(15)4-7(9)12/h4-5,15-16H,1-3H2. The summed E-state index contributed by atoms with van der Waals surface area (Å²) < 4.78 is 0. The van der Waals surface area contributed by atoms with Gasteiger partial charge in [-0.3, -0.25) is 4.98 Å². The van der Waals surface area contributed by atoms with Crippen molar-refractivity contribution in [1.29, 1.82) is 0 Å². The molecule has 0 fully saturated rings. The van der Waals surface area contributed by atoms with Gasteiger partial charge in [0.05, 0.1) is 10.5 Å². The number of rotatable bonds is 0. The number of aromatic hydroxyl groups is 2. The van der Waals surface area contributed by atoms with Crippen LogP contribution >= 0.6 is 11.6 Å². The van der Waals surface area contributed by atoms with E-state index in [-0.39, 0.29) is 11.5 Å². The van der Waals surface area contributed by atoms with Gasteiger partial charge < -0.3 is 10.2 Å². The second-order valence-electron chi connectivity index (χ2n) is 4.06. The molecule has 0 spiro atoms. The Hall–Kier alpha value is -1.48. The Kier molecular flexibility index (Phi) is 1.98. The van der Waals surface area contributed by atoms with Gasteiger partial charge >= 0.3 is 0 Å². The lowest BCUT2D eigenvalue weighted by atomic mass is 10.1. The summed E-state index contributed by atoms with van der Waals surface area (Å²) in [6.45, 7) is 0. The third-order valence-corrected chi connectivity index (χ3v) is 3.47. The monoisotopic (exact) mass is 235 g/mol. The number of aromatic nitrogens is 1.